The van der Waals surface area contributed by atoms with Gasteiger partial charge in [-0.25, -0.2) is 0 Å². The number of hydrogen-bond acceptors (Lipinski definition) is 7. The fourth-order valence-corrected chi connectivity index (χ4v) is 4.13. The zero-order valence-electron chi connectivity index (χ0n) is 16.6. The molecule has 7 heteroatoms. The van der Waals surface area contributed by atoms with Crippen LogP contribution in [-0.2, 0) is 0 Å². The molecule has 0 bridgehead atoms. The summed E-state index contributed by atoms with van der Waals surface area (Å²) in [6.45, 7) is 0.982. The molecule has 156 valence electrons. The lowest BCUT2D eigenvalue weighted by Gasteiger charge is -2.20. The van der Waals surface area contributed by atoms with E-state index in [1.54, 1.807) is 48.5 Å². The smallest absolute Gasteiger partial charge is 0.161 e. The highest BCUT2D eigenvalue weighted by atomic mass is 32.2. The summed E-state index contributed by atoms with van der Waals surface area (Å²) in [6, 6.07) is 22.0. The van der Waals surface area contributed by atoms with Gasteiger partial charge in [-0.3, -0.25) is 0 Å². The first kappa shape index (κ1) is 20.7. The molecule has 31 heavy (non-hydrogen) atoms. The predicted octanol–water partition coefficient (Wildman–Crippen LogP) is 4.06. The molecule has 0 radical (unpaired) electrons. The van der Waals surface area contributed by atoms with Crippen LogP contribution in [0.1, 0.15) is 22.8 Å². The topological polar surface area (TPSA) is 115 Å². The summed E-state index contributed by atoms with van der Waals surface area (Å²) in [7, 11) is 0. The third-order valence-electron chi connectivity index (χ3n) is 4.87. The number of aliphatic hydroxyl groups excluding tert-OH is 1. The third-order valence-corrected chi connectivity index (χ3v) is 5.89. The van der Waals surface area contributed by atoms with Crippen molar-refractivity contribution in [1.29, 1.82) is 5.26 Å². The molecule has 0 amide bonds. The summed E-state index contributed by atoms with van der Waals surface area (Å²) in [6.07, 6.45) is -0.894. The number of nitrogen functional groups attached to an aromatic ring is 1. The zero-order valence-corrected chi connectivity index (χ0v) is 17.4. The number of thioether (sulfide) groups is 1. The van der Waals surface area contributed by atoms with E-state index in [2.05, 4.69) is 6.07 Å². The molecule has 1 unspecified atom stereocenters. The van der Waals surface area contributed by atoms with Gasteiger partial charge < -0.3 is 26.0 Å². The van der Waals surface area contributed by atoms with Gasteiger partial charge in [0.25, 0.3) is 0 Å². The number of rotatable bonds is 5. The molecule has 1 atom stereocenters. The van der Waals surface area contributed by atoms with Crippen molar-refractivity contribution in [2.24, 2.45) is 5.73 Å². The maximum Gasteiger partial charge on any atom is 0.161 e. The fourth-order valence-electron chi connectivity index (χ4n) is 3.29. The molecule has 3 aromatic rings. The first-order valence-corrected chi connectivity index (χ1v) is 10.5. The van der Waals surface area contributed by atoms with Gasteiger partial charge in [0.1, 0.15) is 25.4 Å². The largest absolute Gasteiger partial charge is 0.486 e. The first-order chi connectivity index (χ1) is 15.1. The number of hydrogen-bond donors (Lipinski definition) is 3. The molecule has 0 fully saturated rings. The Labute approximate surface area is 184 Å². The lowest BCUT2D eigenvalue weighted by Crippen LogP contribution is -2.15. The summed E-state index contributed by atoms with van der Waals surface area (Å²) in [5.74, 6) is 1.27. The Kier molecular flexibility index (Phi) is 6.03. The van der Waals surface area contributed by atoms with E-state index in [1.165, 1.54) is 11.8 Å². The van der Waals surface area contributed by atoms with Gasteiger partial charge in [0, 0.05) is 10.6 Å². The van der Waals surface area contributed by atoms with Crippen molar-refractivity contribution in [2.45, 2.75) is 11.0 Å². The Bertz CT molecular complexity index is 1190. The van der Waals surface area contributed by atoms with Gasteiger partial charge >= 0.3 is 0 Å². The Hall–Kier alpha value is -3.60. The number of ether oxygens (including phenoxy) is 2. The molecule has 0 spiro atoms. The van der Waals surface area contributed by atoms with Crippen LogP contribution in [0.25, 0.3) is 5.57 Å². The molecule has 0 aliphatic carbocycles. The van der Waals surface area contributed by atoms with E-state index in [1.807, 2.05) is 18.2 Å². The van der Waals surface area contributed by atoms with E-state index in [0.29, 0.717) is 57.7 Å². The molecule has 0 saturated heterocycles. The van der Waals surface area contributed by atoms with Crippen LogP contribution in [-0.4, -0.2) is 18.3 Å². The van der Waals surface area contributed by atoms with Crippen LogP contribution in [0.5, 0.6) is 11.5 Å². The minimum Gasteiger partial charge on any atom is -0.486 e. The highest BCUT2D eigenvalue weighted by molar-refractivity contribution is 8.03. The maximum absolute atomic E-state index is 10.9. The summed E-state index contributed by atoms with van der Waals surface area (Å²) in [4.78, 5) is 0.778. The Morgan fingerprint density at radius 1 is 0.968 bits per heavy atom. The van der Waals surface area contributed by atoms with Crippen LogP contribution in [0, 0.1) is 11.3 Å². The third kappa shape index (κ3) is 4.45. The van der Waals surface area contributed by atoms with E-state index >= 15 is 0 Å². The Morgan fingerprint density at radius 3 is 2.48 bits per heavy atom. The van der Waals surface area contributed by atoms with E-state index in [-0.39, 0.29) is 0 Å². The van der Waals surface area contributed by atoms with Gasteiger partial charge in [-0.15, -0.1) is 0 Å². The standard InChI is InChI=1S/C24H21N3O3S/c25-14-18(24(27)31-22-7-2-1-6-19(22)26)15-4-3-5-16(12-15)23(28)17-8-9-20-21(13-17)30-11-10-29-20/h1-9,12-13,23,28H,10-11,26-27H2/b24-18+. The lowest BCUT2D eigenvalue weighted by atomic mass is 9.97. The van der Waals surface area contributed by atoms with Crippen LogP contribution in [0.4, 0.5) is 5.69 Å². The van der Waals surface area contributed by atoms with Crippen molar-refractivity contribution in [2.75, 3.05) is 18.9 Å². The summed E-state index contributed by atoms with van der Waals surface area (Å²) in [5.41, 5.74) is 15.1. The van der Waals surface area contributed by atoms with Crippen LogP contribution in [0.15, 0.2) is 76.7 Å². The van der Waals surface area contributed by atoms with Crippen molar-refractivity contribution in [3.63, 3.8) is 0 Å². The second-order valence-electron chi connectivity index (χ2n) is 6.92. The molecule has 1 aliphatic heterocycles. The monoisotopic (exact) mass is 431 g/mol. The molecular weight excluding hydrogens is 410 g/mol. The maximum atomic E-state index is 10.9. The number of para-hydroxylation sites is 1. The molecule has 0 saturated carbocycles. The molecule has 1 heterocycles. The van der Waals surface area contributed by atoms with Gasteiger partial charge in [-0.2, -0.15) is 5.26 Å². The molecule has 5 N–H and O–H groups in total. The van der Waals surface area contributed by atoms with Crippen molar-refractivity contribution in [3.05, 3.63) is 88.4 Å². The number of nitrogens with zero attached hydrogens (tertiary/aromatic N) is 1. The summed E-state index contributed by atoms with van der Waals surface area (Å²) >= 11 is 1.24. The van der Waals surface area contributed by atoms with Gasteiger partial charge in [-0.05, 0) is 47.0 Å². The number of benzene rings is 3. The predicted molar refractivity (Wildman–Crippen MR) is 121 cm³/mol. The van der Waals surface area contributed by atoms with Crippen LogP contribution >= 0.6 is 11.8 Å². The minimum atomic E-state index is -0.894. The van der Waals surface area contributed by atoms with Crippen LogP contribution < -0.4 is 20.9 Å². The average Bonchev–Trinajstić information content (AvgIpc) is 2.80. The highest BCUT2D eigenvalue weighted by Crippen LogP contribution is 2.36. The van der Waals surface area contributed by atoms with Crippen molar-refractivity contribution in [3.8, 4) is 17.6 Å². The van der Waals surface area contributed by atoms with Crippen LogP contribution in [0.2, 0.25) is 0 Å². The number of anilines is 1. The van der Waals surface area contributed by atoms with E-state index in [0.717, 1.165) is 4.90 Å². The zero-order chi connectivity index (χ0) is 21.8. The number of allylic oxidation sites excluding steroid dienone is 1. The van der Waals surface area contributed by atoms with Gasteiger partial charge in [0.15, 0.2) is 11.5 Å². The van der Waals surface area contributed by atoms with E-state index < -0.39 is 6.10 Å². The highest BCUT2D eigenvalue weighted by Gasteiger charge is 2.18. The van der Waals surface area contributed by atoms with Crippen molar-refractivity contribution < 1.29 is 14.6 Å². The summed E-state index contributed by atoms with van der Waals surface area (Å²) in [5, 5.41) is 21.0. The van der Waals surface area contributed by atoms with Crippen molar-refractivity contribution in [1.82, 2.24) is 0 Å². The Balaban J connectivity index is 1.64. The average molecular weight is 432 g/mol. The van der Waals surface area contributed by atoms with E-state index in [4.69, 9.17) is 20.9 Å². The quantitative estimate of drug-likeness (QED) is 0.317. The normalized spacial score (nSPS) is 14.3. The first-order valence-electron chi connectivity index (χ1n) is 9.67. The fraction of sp³-hybridized carbons (Fsp3) is 0.125. The second kappa shape index (κ2) is 9.04. The van der Waals surface area contributed by atoms with Gasteiger partial charge in [0.05, 0.1) is 10.6 Å². The van der Waals surface area contributed by atoms with Crippen LogP contribution in [0.3, 0.4) is 0 Å². The SMILES string of the molecule is N#C/C(=C(/N)Sc1ccccc1N)c1cccc(C(O)c2ccc3c(c2)OCCO3)c1. The van der Waals surface area contributed by atoms with Gasteiger partial charge in [0.2, 0.25) is 0 Å². The second-order valence-corrected chi connectivity index (χ2v) is 8.01. The number of nitriles is 1. The van der Waals surface area contributed by atoms with Gasteiger partial charge in [-0.1, -0.05) is 48.2 Å². The van der Waals surface area contributed by atoms with E-state index in [9.17, 15) is 10.4 Å². The lowest BCUT2D eigenvalue weighted by molar-refractivity contribution is 0.169. The number of aliphatic hydroxyl groups is 1. The van der Waals surface area contributed by atoms with Crippen molar-refractivity contribution >= 4 is 23.0 Å². The molecular formula is C24H21N3O3S. The summed E-state index contributed by atoms with van der Waals surface area (Å²) < 4.78 is 11.1. The number of fused-ring (bicyclic) bond motifs is 1. The number of nitrogens with two attached hydrogens (primary N) is 2. The minimum absolute atomic E-state index is 0.324. The molecule has 6 nitrogen and oxygen atoms in total. The molecule has 4 rings (SSSR count). The molecule has 3 aromatic carbocycles. The Morgan fingerprint density at radius 2 is 1.71 bits per heavy atom. The molecule has 0 aromatic heterocycles. The molecule has 1 aliphatic rings.